The molecular formula is C19H24N6O2. The number of aromatic amines is 1. The maximum absolute atomic E-state index is 5.88. The number of H-pyrrole nitrogens is 1. The van der Waals surface area contributed by atoms with E-state index in [1.165, 1.54) is 25.9 Å². The summed E-state index contributed by atoms with van der Waals surface area (Å²) < 4.78 is 11.2. The smallest absolute Gasteiger partial charge is 0.262 e. The van der Waals surface area contributed by atoms with Gasteiger partial charge in [0.2, 0.25) is 5.95 Å². The van der Waals surface area contributed by atoms with Gasteiger partial charge in [-0.1, -0.05) is 6.07 Å². The first kappa shape index (κ1) is 17.5. The summed E-state index contributed by atoms with van der Waals surface area (Å²) >= 11 is 0. The molecule has 2 aromatic heterocycles. The van der Waals surface area contributed by atoms with E-state index >= 15 is 0 Å². The zero-order valence-electron chi connectivity index (χ0n) is 15.4. The molecule has 0 saturated carbocycles. The summed E-state index contributed by atoms with van der Waals surface area (Å²) in [5.74, 6) is 1.44. The number of fused-ring (bicyclic) bond motifs is 1. The van der Waals surface area contributed by atoms with E-state index in [1.54, 1.807) is 19.5 Å². The number of aromatic nitrogens is 4. The second kappa shape index (κ2) is 8.22. The molecule has 4 rings (SSSR count). The number of nitrogens with one attached hydrogen (secondary N) is 2. The van der Waals surface area contributed by atoms with Crippen LogP contribution in [0.15, 0.2) is 30.6 Å². The molecule has 142 valence electrons. The van der Waals surface area contributed by atoms with Crippen LogP contribution in [0, 0.1) is 0 Å². The molecule has 0 atom stereocenters. The van der Waals surface area contributed by atoms with Crippen molar-refractivity contribution in [2.75, 3.05) is 38.7 Å². The van der Waals surface area contributed by atoms with E-state index in [0.29, 0.717) is 24.2 Å². The first-order chi connectivity index (χ1) is 13.3. The molecule has 3 heterocycles. The van der Waals surface area contributed by atoms with E-state index in [1.807, 2.05) is 18.2 Å². The molecule has 1 aliphatic heterocycles. The maximum Gasteiger partial charge on any atom is 0.262 e. The number of nitrogens with zero attached hydrogens (tertiary/aromatic N) is 4. The van der Waals surface area contributed by atoms with E-state index in [0.717, 1.165) is 29.6 Å². The third kappa shape index (κ3) is 4.11. The lowest BCUT2D eigenvalue weighted by molar-refractivity contribution is 0.246. The summed E-state index contributed by atoms with van der Waals surface area (Å²) in [4.78, 5) is 11.3. The fourth-order valence-corrected chi connectivity index (χ4v) is 3.32. The number of hydrogen-bond acceptors (Lipinski definition) is 7. The number of benzene rings is 1. The standard InChI is InChI=1S/C19H24N6O2/c1-26-17-13-20-19(22-15-6-4-7-16-14(15)12-21-24-16)23-18(17)27-11-5-10-25-8-2-3-9-25/h4,6-7,12-13H,2-3,5,8-11H2,1H3,(H,21,24)(H,20,22,23). The van der Waals surface area contributed by atoms with Gasteiger partial charge in [0.1, 0.15) is 0 Å². The summed E-state index contributed by atoms with van der Waals surface area (Å²) in [5, 5.41) is 11.2. The number of ether oxygens (including phenoxy) is 2. The van der Waals surface area contributed by atoms with Gasteiger partial charge in [-0.2, -0.15) is 10.1 Å². The molecule has 8 nitrogen and oxygen atoms in total. The topological polar surface area (TPSA) is 88.2 Å². The molecule has 0 spiro atoms. The molecule has 27 heavy (non-hydrogen) atoms. The number of anilines is 2. The molecule has 1 aliphatic rings. The average Bonchev–Trinajstić information content (AvgIpc) is 3.37. The van der Waals surface area contributed by atoms with E-state index in [-0.39, 0.29) is 0 Å². The van der Waals surface area contributed by atoms with Crippen LogP contribution < -0.4 is 14.8 Å². The Bertz CT molecular complexity index is 891. The highest BCUT2D eigenvalue weighted by Gasteiger charge is 2.13. The van der Waals surface area contributed by atoms with Crippen LogP contribution in [0.3, 0.4) is 0 Å². The lowest BCUT2D eigenvalue weighted by Gasteiger charge is -2.15. The minimum Gasteiger partial charge on any atom is -0.490 e. The lowest BCUT2D eigenvalue weighted by atomic mass is 10.2. The molecule has 2 N–H and O–H groups in total. The van der Waals surface area contributed by atoms with Crippen molar-refractivity contribution in [3.8, 4) is 11.6 Å². The molecule has 1 fully saturated rings. The van der Waals surface area contributed by atoms with Crippen molar-refractivity contribution in [1.82, 2.24) is 25.1 Å². The van der Waals surface area contributed by atoms with Gasteiger partial charge in [-0.25, -0.2) is 4.98 Å². The first-order valence-corrected chi connectivity index (χ1v) is 9.29. The average molecular weight is 368 g/mol. The van der Waals surface area contributed by atoms with Crippen molar-refractivity contribution in [3.63, 3.8) is 0 Å². The largest absolute Gasteiger partial charge is 0.490 e. The Kier molecular flexibility index (Phi) is 5.34. The van der Waals surface area contributed by atoms with Crippen molar-refractivity contribution in [1.29, 1.82) is 0 Å². The molecule has 0 unspecified atom stereocenters. The van der Waals surface area contributed by atoms with Gasteiger partial charge in [0.25, 0.3) is 5.88 Å². The number of hydrogen-bond donors (Lipinski definition) is 2. The number of rotatable bonds is 8. The van der Waals surface area contributed by atoms with Crippen LogP contribution in [0.5, 0.6) is 11.6 Å². The summed E-state index contributed by atoms with van der Waals surface area (Å²) in [7, 11) is 1.59. The monoisotopic (exact) mass is 368 g/mol. The summed E-state index contributed by atoms with van der Waals surface area (Å²) in [5.41, 5.74) is 1.83. The van der Waals surface area contributed by atoms with E-state index in [9.17, 15) is 0 Å². The molecule has 0 aliphatic carbocycles. The van der Waals surface area contributed by atoms with Crippen molar-refractivity contribution >= 4 is 22.5 Å². The van der Waals surface area contributed by atoms with Crippen molar-refractivity contribution < 1.29 is 9.47 Å². The van der Waals surface area contributed by atoms with Crippen LogP contribution in [0.4, 0.5) is 11.6 Å². The van der Waals surface area contributed by atoms with Gasteiger partial charge >= 0.3 is 0 Å². The Hall–Kier alpha value is -2.87. The highest BCUT2D eigenvalue weighted by Crippen LogP contribution is 2.28. The number of methoxy groups -OCH3 is 1. The van der Waals surface area contributed by atoms with E-state index in [4.69, 9.17) is 9.47 Å². The molecule has 1 saturated heterocycles. The summed E-state index contributed by atoms with van der Waals surface area (Å²) in [6.45, 7) is 4.05. The third-order valence-electron chi connectivity index (χ3n) is 4.73. The van der Waals surface area contributed by atoms with Crippen LogP contribution >= 0.6 is 0 Å². The second-order valence-electron chi connectivity index (χ2n) is 6.58. The van der Waals surface area contributed by atoms with Crippen LogP contribution in [0.1, 0.15) is 19.3 Å². The van der Waals surface area contributed by atoms with Gasteiger partial charge in [-0.15, -0.1) is 0 Å². The van der Waals surface area contributed by atoms with E-state index in [2.05, 4.69) is 30.4 Å². The van der Waals surface area contributed by atoms with Gasteiger partial charge in [0.15, 0.2) is 5.75 Å². The van der Waals surface area contributed by atoms with Gasteiger partial charge in [-0.05, 0) is 44.5 Å². The highest BCUT2D eigenvalue weighted by atomic mass is 16.5. The van der Waals surface area contributed by atoms with Crippen molar-refractivity contribution in [2.45, 2.75) is 19.3 Å². The molecule has 8 heteroatoms. The molecule has 3 aromatic rings. The predicted octanol–water partition coefficient (Wildman–Crippen LogP) is 2.97. The van der Waals surface area contributed by atoms with Gasteiger partial charge < -0.3 is 19.7 Å². The molecule has 0 amide bonds. The third-order valence-corrected chi connectivity index (χ3v) is 4.73. The summed E-state index contributed by atoms with van der Waals surface area (Å²) in [6, 6.07) is 5.88. The van der Waals surface area contributed by atoms with Crippen LogP contribution in [-0.2, 0) is 0 Å². The van der Waals surface area contributed by atoms with Crippen LogP contribution in [0.25, 0.3) is 10.9 Å². The quantitative estimate of drug-likeness (QED) is 0.591. The van der Waals surface area contributed by atoms with Crippen molar-refractivity contribution in [2.24, 2.45) is 0 Å². The Morgan fingerprint density at radius 1 is 1.22 bits per heavy atom. The van der Waals surface area contributed by atoms with Crippen LogP contribution in [0.2, 0.25) is 0 Å². The predicted molar refractivity (Wildman–Crippen MR) is 104 cm³/mol. The maximum atomic E-state index is 5.88. The minimum absolute atomic E-state index is 0.454. The Labute approximate surface area is 157 Å². The summed E-state index contributed by atoms with van der Waals surface area (Å²) in [6.07, 6.45) is 6.97. The minimum atomic E-state index is 0.454. The fourth-order valence-electron chi connectivity index (χ4n) is 3.32. The van der Waals surface area contributed by atoms with Crippen molar-refractivity contribution in [3.05, 3.63) is 30.6 Å². The second-order valence-corrected chi connectivity index (χ2v) is 6.58. The molecular weight excluding hydrogens is 344 g/mol. The molecule has 0 radical (unpaired) electrons. The van der Waals surface area contributed by atoms with Gasteiger partial charge in [0.05, 0.1) is 37.3 Å². The first-order valence-electron chi connectivity index (χ1n) is 9.29. The lowest BCUT2D eigenvalue weighted by Crippen LogP contribution is -2.22. The van der Waals surface area contributed by atoms with Gasteiger partial charge in [0, 0.05) is 11.9 Å². The molecule has 0 bridgehead atoms. The zero-order valence-corrected chi connectivity index (χ0v) is 15.4. The SMILES string of the molecule is COc1cnc(Nc2cccc3[nH]ncc23)nc1OCCCN1CCCC1. The Morgan fingerprint density at radius 3 is 2.96 bits per heavy atom. The van der Waals surface area contributed by atoms with Gasteiger partial charge in [-0.3, -0.25) is 5.10 Å². The highest BCUT2D eigenvalue weighted by molar-refractivity contribution is 5.92. The molecule has 1 aromatic carbocycles. The zero-order chi connectivity index (χ0) is 18.5. The normalized spacial score (nSPS) is 14.6. The number of likely N-dealkylation sites (tertiary alicyclic amines) is 1. The van der Waals surface area contributed by atoms with E-state index < -0.39 is 0 Å². The fraction of sp³-hybridized carbons (Fsp3) is 0.421. The Morgan fingerprint density at radius 2 is 2.11 bits per heavy atom. The van der Waals surface area contributed by atoms with Crippen LogP contribution in [-0.4, -0.2) is 58.4 Å². The Balaban J connectivity index is 1.43.